The maximum atomic E-state index is 13.8. The molecule has 4 rings (SSSR count). The van der Waals surface area contributed by atoms with Crippen LogP contribution in [0.3, 0.4) is 0 Å². The summed E-state index contributed by atoms with van der Waals surface area (Å²) in [6, 6.07) is 22.8. The first-order chi connectivity index (χ1) is 19.4. The minimum absolute atomic E-state index is 0.145. The Morgan fingerprint density at radius 2 is 1.65 bits per heavy atom. The molecule has 0 aliphatic rings. The minimum atomic E-state index is -0.718. The van der Waals surface area contributed by atoms with Crippen LogP contribution in [0.4, 0.5) is 0 Å². The average Bonchev–Trinajstić information content (AvgIpc) is 3.42. The number of nitrogens with zero attached hydrogens (tertiary/aromatic N) is 5. The monoisotopic (exact) mass is 537 g/mol. The van der Waals surface area contributed by atoms with Crippen molar-refractivity contribution < 1.29 is 14.3 Å². The van der Waals surface area contributed by atoms with E-state index in [-0.39, 0.29) is 18.4 Å². The lowest BCUT2D eigenvalue weighted by molar-refractivity contribution is -0.143. The third kappa shape index (κ3) is 7.74. The highest BCUT2D eigenvalue weighted by Gasteiger charge is 2.31. The van der Waals surface area contributed by atoms with Crippen LogP contribution in [0.2, 0.25) is 0 Å². The number of aryl methyl sites for hydroxylation is 1. The molecule has 0 bridgehead atoms. The fraction of sp³-hybridized carbons (Fsp3) is 0.250. The van der Waals surface area contributed by atoms with Crippen molar-refractivity contribution in [3.8, 4) is 11.1 Å². The van der Waals surface area contributed by atoms with Gasteiger partial charge in [0, 0.05) is 65.4 Å². The molecule has 40 heavy (non-hydrogen) atoms. The van der Waals surface area contributed by atoms with Gasteiger partial charge in [0.2, 0.25) is 11.8 Å². The predicted molar refractivity (Wildman–Crippen MR) is 156 cm³/mol. The van der Waals surface area contributed by atoms with Gasteiger partial charge in [-0.25, -0.2) is 0 Å². The number of carbonyl (C=O) groups is 2. The molecule has 8 nitrogen and oxygen atoms in total. The molecule has 0 saturated carbocycles. The van der Waals surface area contributed by atoms with Crippen molar-refractivity contribution in [1.29, 1.82) is 0 Å². The number of carbonyl (C=O) groups excluding carboxylic acids is 2. The van der Waals surface area contributed by atoms with Crippen LogP contribution in [0.15, 0.2) is 97.5 Å². The Balaban J connectivity index is 1.67. The molecule has 0 unspecified atom stereocenters. The summed E-state index contributed by atoms with van der Waals surface area (Å²) in [7, 11) is 5.17. The summed E-state index contributed by atoms with van der Waals surface area (Å²) in [5.74, 6) is -0.410. The van der Waals surface area contributed by atoms with Crippen molar-refractivity contribution >= 4 is 17.9 Å². The standard InChI is InChI=1S/C32H35N5O3/c1-35(21-22-40-3)32(39)30(23-25-7-5-4-6-8-25)37(31(38)14-13-29-17-20-36(2)34-29)24-26-9-11-27(12-10-26)28-15-18-33-19-16-28/h4-20,30H,21-24H2,1-3H3/t30-/m0/s1. The summed E-state index contributed by atoms with van der Waals surface area (Å²) in [5, 5.41) is 4.34. The Kier molecular flexibility index (Phi) is 9.96. The van der Waals surface area contributed by atoms with Crippen molar-refractivity contribution in [2.45, 2.75) is 19.0 Å². The molecular weight excluding hydrogens is 502 g/mol. The van der Waals surface area contributed by atoms with Gasteiger partial charge in [-0.1, -0.05) is 54.6 Å². The van der Waals surface area contributed by atoms with Crippen LogP contribution >= 0.6 is 0 Å². The van der Waals surface area contributed by atoms with E-state index in [4.69, 9.17) is 4.74 Å². The van der Waals surface area contributed by atoms with Crippen LogP contribution in [0.5, 0.6) is 0 Å². The molecule has 2 heterocycles. The maximum absolute atomic E-state index is 13.8. The third-order valence-corrected chi connectivity index (χ3v) is 6.67. The molecule has 206 valence electrons. The SMILES string of the molecule is COCCN(C)C(=O)[C@H](Cc1ccccc1)N(Cc1ccc(-c2ccncc2)cc1)C(=O)C=Cc1ccn(C)n1. The number of rotatable bonds is 12. The van der Waals surface area contributed by atoms with Gasteiger partial charge in [-0.3, -0.25) is 19.3 Å². The smallest absolute Gasteiger partial charge is 0.247 e. The van der Waals surface area contributed by atoms with Crippen LogP contribution < -0.4 is 0 Å². The second-order valence-electron chi connectivity index (χ2n) is 9.60. The number of benzene rings is 2. The van der Waals surface area contributed by atoms with Gasteiger partial charge >= 0.3 is 0 Å². The summed E-state index contributed by atoms with van der Waals surface area (Å²) in [6.07, 6.45) is 8.90. The third-order valence-electron chi connectivity index (χ3n) is 6.67. The molecule has 0 aliphatic carbocycles. The number of aromatic nitrogens is 3. The number of likely N-dealkylation sites (N-methyl/N-ethyl adjacent to an activating group) is 1. The number of hydrogen-bond acceptors (Lipinski definition) is 5. The second-order valence-corrected chi connectivity index (χ2v) is 9.60. The van der Waals surface area contributed by atoms with Gasteiger partial charge in [-0.2, -0.15) is 5.10 Å². The number of hydrogen-bond donors (Lipinski definition) is 0. The van der Waals surface area contributed by atoms with Crippen LogP contribution in [0.25, 0.3) is 17.2 Å². The van der Waals surface area contributed by atoms with Gasteiger partial charge in [0.25, 0.3) is 0 Å². The molecule has 0 aliphatic heterocycles. The largest absolute Gasteiger partial charge is 0.383 e. The molecule has 2 amide bonds. The van der Waals surface area contributed by atoms with E-state index in [9.17, 15) is 9.59 Å². The normalized spacial score (nSPS) is 11.9. The number of amides is 2. The first-order valence-corrected chi connectivity index (χ1v) is 13.2. The van der Waals surface area contributed by atoms with E-state index < -0.39 is 6.04 Å². The lowest BCUT2D eigenvalue weighted by Gasteiger charge is -2.33. The van der Waals surface area contributed by atoms with Crippen molar-refractivity contribution in [2.24, 2.45) is 7.05 Å². The lowest BCUT2D eigenvalue weighted by atomic mass is 10.0. The molecule has 0 fully saturated rings. The van der Waals surface area contributed by atoms with E-state index in [1.807, 2.05) is 86.0 Å². The molecule has 0 spiro atoms. The van der Waals surface area contributed by atoms with Crippen LogP contribution in [0, 0.1) is 0 Å². The zero-order chi connectivity index (χ0) is 28.3. The molecule has 0 N–H and O–H groups in total. The highest BCUT2D eigenvalue weighted by Crippen LogP contribution is 2.21. The highest BCUT2D eigenvalue weighted by atomic mass is 16.5. The van der Waals surface area contributed by atoms with Gasteiger partial charge in [0.1, 0.15) is 6.04 Å². The molecular formula is C32H35N5O3. The topological polar surface area (TPSA) is 80.6 Å². The van der Waals surface area contributed by atoms with Crippen molar-refractivity contribution in [2.75, 3.05) is 27.3 Å². The minimum Gasteiger partial charge on any atom is -0.383 e. The molecule has 1 atom stereocenters. The van der Waals surface area contributed by atoms with Gasteiger partial charge in [0.15, 0.2) is 0 Å². The van der Waals surface area contributed by atoms with Crippen LogP contribution in [-0.4, -0.2) is 69.7 Å². The molecule has 0 radical (unpaired) electrons. The molecule has 8 heteroatoms. The quantitative estimate of drug-likeness (QED) is 0.253. The fourth-order valence-corrected chi connectivity index (χ4v) is 4.42. The Morgan fingerprint density at radius 1 is 0.950 bits per heavy atom. The van der Waals surface area contributed by atoms with Gasteiger partial charge in [0.05, 0.1) is 12.3 Å². The van der Waals surface area contributed by atoms with Gasteiger partial charge < -0.3 is 14.5 Å². The summed E-state index contributed by atoms with van der Waals surface area (Å²) >= 11 is 0. The maximum Gasteiger partial charge on any atom is 0.247 e. The Hall–Kier alpha value is -4.56. The lowest BCUT2D eigenvalue weighted by Crippen LogP contribution is -2.51. The number of methoxy groups -OCH3 is 1. The van der Waals surface area contributed by atoms with Crippen molar-refractivity contribution in [3.63, 3.8) is 0 Å². The average molecular weight is 538 g/mol. The zero-order valence-corrected chi connectivity index (χ0v) is 23.2. The van der Waals surface area contributed by atoms with E-state index in [2.05, 4.69) is 10.1 Å². The van der Waals surface area contributed by atoms with E-state index in [1.165, 1.54) is 6.08 Å². The van der Waals surface area contributed by atoms with E-state index in [0.29, 0.717) is 25.3 Å². The highest BCUT2D eigenvalue weighted by molar-refractivity contribution is 5.95. The van der Waals surface area contributed by atoms with Crippen LogP contribution in [-0.2, 0) is 34.3 Å². The van der Waals surface area contributed by atoms with E-state index >= 15 is 0 Å². The molecule has 0 saturated heterocycles. The first kappa shape index (κ1) is 28.4. The summed E-state index contributed by atoms with van der Waals surface area (Å²) in [5.41, 5.74) is 4.67. The fourth-order valence-electron chi connectivity index (χ4n) is 4.42. The summed E-state index contributed by atoms with van der Waals surface area (Å²) in [6.45, 7) is 1.10. The van der Waals surface area contributed by atoms with Crippen molar-refractivity contribution in [3.05, 3.63) is 114 Å². The van der Waals surface area contributed by atoms with Gasteiger partial charge in [-0.15, -0.1) is 0 Å². The first-order valence-electron chi connectivity index (χ1n) is 13.2. The summed E-state index contributed by atoms with van der Waals surface area (Å²) < 4.78 is 6.88. The summed E-state index contributed by atoms with van der Waals surface area (Å²) in [4.78, 5) is 35.0. The Labute approximate surface area is 235 Å². The predicted octanol–water partition coefficient (Wildman–Crippen LogP) is 4.24. The second kappa shape index (κ2) is 14.0. The van der Waals surface area contributed by atoms with E-state index in [0.717, 1.165) is 22.3 Å². The van der Waals surface area contributed by atoms with Crippen molar-refractivity contribution in [1.82, 2.24) is 24.6 Å². The van der Waals surface area contributed by atoms with Crippen LogP contribution in [0.1, 0.15) is 16.8 Å². The molecule has 2 aromatic carbocycles. The Morgan fingerprint density at radius 3 is 2.30 bits per heavy atom. The van der Waals surface area contributed by atoms with Gasteiger partial charge in [-0.05, 0) is 46.5 Å². The zero-order valence-electron chi connectivity index (χ0n) is 23.2. The molecule has 4 aromatic rings. The number of pyridine rings is 1. The number of ether oxygens (including phenoxy) is 1. The van der Waals surface area contributed by atoms with E-state index in [1.54, 1.807) is 47.1 Å². The Bertz CT molecular complexity index is 1400. The molecule has 2 aromatic heterocycles.